The minimum absolute atomic E-state index is 0.283. The second-order valence-electron chi connectivity index (χ2n) is 2.93. The van der Waals surface area contributed by atoms with Crippen molar-refractivity contribution in [1.82, 2.24) is 14.6 Å². The largest absolute Gasteiger partial charge is 0.345 e. The highest BCUT2D eigenvalue weighted by atomic mass is 32.1. The number of nitrogens with zero attached hydrogens (tertiary/aromatic N) is 3. The summed E-state index contributed by atoms with van der Waals surface area (Å²) in [5.74, 6) is 0. The number of rotatable bonds is 2. The molecule has 3 heterocycles. The summed E-state index contributed by atoms with van der Waals surface area (Å²) in [4.78, 5) is 5.24. The molecule has 0 saturated carbocycles. The van der Waals surface area contributed by atoms with Crippen molar-refractivity contribution in [3.63, 3.8) is 0 Å². The average Bonchev–Trinajstić information content (AvgIpc) is 3.01. The topological polar surface area (TPSA) is 57.1 Å². The van der Waals surface area contributed by atoms with Crippen molar-refractivity contribution in [3.05, 3.63) is 15.8 Å². The highest BCUT2D eigenvalue weighted by Gasteiger charge is 2.25. The fourth-order valence-corrected chi connectivity index (χ4v) is 2.62. The summed E-state index contributed by atoms with van der Waals surface area (Å²) in [5, 5.41) is 5.86. The Morgan fingerprint density at radius 2 is 2.20 bits per heavy atom. The van der Waals surface area contributed by atoms with Crippen LogP contribution in [-0.4, -0.2) is 27.8 Å². The van der Waals surface area contributed by atoms with Crippen LogP contribution in [0.2, 0.25) is 0 Å². The summed E-state index contributed by atoms with van der Waals surface area (Å²) in [6, 6.07) is 0. The van der Waals surface area contributed by atoms with Crippen LogP contribution in [0.3, 0.4) is 0 Å². The minimum atomic E-state index is -0.283. The predicted molar refractivity (Wildman–Crippen MR) is 55.7 cm³/mol. The van der Waals surface area contributed by atoms with Crippen LogP contribution in [0.1, 0.15) is 11.2 Å². The predicted octanol–water partition coefficient (Wildman–Crippen LogP) is 1.71. The molecule has 1 aliphatic rings. The number of aromatic nitrogens is 3. The number of ether oxygens (including phenoxy) is 2. The van der Waals surface area contributed by atoms with Crippen molar-refractivity contribution in [2.75, 3.05) is 13.2 Å². The van der Waals surface area contributed by atoms with E-state index in [1.165, 1.54) is 22.9 Å². The lowest BCUT2D eigenvalue weighted by Gasteiger charge is -2.06. The van der Waals surface area contributed by atoms with Gasteiger partial charge in [0, 0.05) is 5.38 Å². The molecular formula is C8H7N3O2S2. The molecule has 0 bridgehead atoms. The Kier molecular flexibility index (Phi) is 2.45. The molecule has 0 atom stereocenters. The quantitative estimate of drug-likeness (QED) is 0.801. The van der Waals surface area contributed by atoms with E-state index in [0.717, 1.165) is 16.3 Å². The Bertz CT molecular complexity index is 436. The molecule has 7 heteroatoms. The van der Waals surface area contributed by atoms with E-state index in [-0.39, 0.29) is 6.29 Å². The molecule has 1 saturated heterocycles. The third kappa shape index (κ3) is 1.67. The lowest BCUT2D eigenvalue weighted by atomic mass is 10.3. The molecule has 78 valence electrons. The SMILES string of the molecule is c1nc(-c2csnn2)c(C2OCCO2)s1. The van der Waals surface area contributed by atoms with E-state index in [9.17, 15) is 0 Å². The zero-order valence-corrected chi connectivity index (χ0v) is 9.25. The molecule has 2 aromatic heterocycles. The van der Waals surface area contributed by atoms with Gasteiger partial charge in [-0.05, 0) is 11.5 Å². The summed E-state index contributed by atoms with van der Waals surface area (Å²) < 4.78 is 14.7. The monoisotopic (exact) mass is 241 g/mol. The third-order valence-electron chi connectivity index (χ3n) is 2.03. The highest BCUT2D eigenvalue weighted by molar-refractivity contribution is 7.10. The van der Waals surface area contributed by atoms with Gasteiger partial charge in [-0.2, -0.15) is 0 Å². The third-order valence-corrected chi connectivity index (χ3v) is 3.39. The van der Waals surface area contributed by atoms with Crippen LogP contribution in [0.4, 0.5) is 0 Å². The van der Waals surface area contributed by atoms with E-state index < -0.39 is 0 Å². The molecule has 0 spiro atoms. The van der Waals surface area contributed by atoms with Gasteiger partial charge >= 0.3 is 0 Å². The van der Waals surface area contributed by atoms with Crippen molar-refractivity contribution in [2.45, 2.75) is 6.29 Å². The van der Waals surface area contributed by atoms with E-state index >= 15 is 0 Å². The second kappa shape index (κ2) is 3.93. The Morgan fingerprint density at radius 1 is 1.33 bits per heavy atom. The van der Waals surface area contributed by atoms with Crippen LogP contribution in [0.15, 0.2) is 10.9 Å². The molecule has 2 aromatic rings. The van der Waals surface area contributed by atoms with Gasteiger partial charge in [0.1, 0.15) is 11.4 Å². The molecule has 0 N–H and O–H groups in total. The van der Waals surface area contributed by atoms with E-state index in [1.54, 1.807) is 5.51 Å². The van der Waals surface area contributed by atoms with Gasteiger partial charge in [-0.25, -0.2) is 4.98 Å². The van der Waals surface area contributed by atoms with Gasteiger partial charge in [-0.3, -0.25) is 0 Å². The zero-order chi connectivity index (χ0) is 10.1. The molecule has 1 aliphatic heterocycles. The molecule has 5 nitrogen and oxygen atoms in total. The van der Waals surface area contributed by atoms with Crippen LogP contribution in [-0.2, 0) is 9.47 Å². The van der Waals surface area contributed by atoms with Crippen LogP contribution >= 0.6 is 22.9 Å². The Balaban J connectivity index is 1.98. The van der Waals surface area contributed by atoms with Crippen LogP contribution in [0, 0.1) is 0 Å². The Labute approximate surface area is 93.9 Å². The van der Waals surface area contributed by atoms with E-state index in [0.29, 0.717) is 13.2 Å². The van der Waals surface area contributed by atoms with Gasteiger partial charge in [0.05, 0.1) is 23.6 Å². The van der Waals surface area contributed by atoms with E-state index in [1.807, 2.05) is 5.38 Å². The molecule has 3 rings (SSSR count). The Hall–Kier alpha value is -0.890. The molecular weight excluding hydrogens is 234 g/mol. The zero-order valence-electron chi connectivity index (χ0n) is 7.62. The van der Waals surface area contributed by atoms with Crippen LogP contribution in [0.25, 0.3) is 11.4 Å². The van der Waals surface area contributed by atoms with Crippen molar-refractivity contribution in [2.24, 2.45) is 0 Å². The molecule has 0 aliphatic carbocycles. The minimum Gasteiger partial charge on any atom is -0.345 e. The van der Waals surface area contributed by atoms with Gasteiger partial charge in [0.2, 0.25) is 0 Å². The first-order valence-electron chi connectivity index (χ1n) is 4.39. The lowest BCUT2D eigenvalue weighted by molar-refractivity contribution is -0.0410. The number of hydrogen-bond donors (Lipinski definition) is 0. The first-order chi connectivity index (χ1) is 7.45. The summed E-state index contributed by atoms with van der Waals surface area (Å²) >= 11 is 2.83. The highest BCUT2D eigenvalue weighted by Crippen LogP contribution is 2.34. The van der Waals surface area contributed by atoms with Crippen molar-refractivity contribution in [1.29, 1.82) is 0 Å². The molecule has 0 unspecified atom stereocenters. The maximum absolute atomic E-state index is 5.44. The van der Waals surface area contributed by atoms with Gasteiger partial charge in [-0.1, -0.05) is 4.49 Å². The number of thiazole rings is 1. The number of hydrogen-bond acceptors (Lipinski definition) is 7. The fourth-order valence-electron chi connectivity index (χ4n) is 1.39. The summed E-state index contributed by atoms with van der Waals surface area (Å²) in [7, 11) is 0. The normalized spacial score (nSPS) is 17.3. The standard InChI is InChI=1S/C8H7N3O2S2/c1-2-13-8(12-1)7-6(9-4-14-7)5-3-15-11-10-5/h3-4,8H,1-2H2. The van der Waals surface area contributed by atoms with Gasteiger partial charge in [-0.15, -0.1) is 16.4 Å². The molecule has 0 aromatic carbocycles. The first kappa shape index (κ1) is 9.34. The average molecular weight is 241 g/mol. The van der Waals surface area contributed by atoms with Crippen molar-refractivity contribution < 1.29 is 9.47 Å². The van der Waals surface area contributed by atoms with E-state index in [4.69, 9.17) is 9.47 Å². The fraction of sp³-hybridized carbons (Fsp3) is 0.375. The van der Waals surface area contributed by atoms with Gasteiger partial charge in [0.15, 0.2) is 6.29 Å². The van der Waals surface area contributed by atoms with Gasteiger partial charge < -0.3 is 9.47 Å². The van der Waals surface area contributed by atoms with Crippen molar-refractivity contribution >= 4 is 22.9 Å². The van der Waals surface area contributed by atoms with Crippen LogP contribution < -0.4 is 0 Å². The summed E-state index contributed by atoms with van der Waals surface area (Å²) in [5.41, 5.74) is 3.38. The Morgan fingerprint density at radius 3 is 2.93 bits per heavy atom. The molecule has 15 heavy (non-hydrogen) atoms. The summed E-state index contributed by atoms with van der Waals surface area (Å²) in [6.45, 7) is 1.27. The van der Waals surface area contributed by atoms with Crippen molar-refractivity contribution in [3.8, 4) is 11.4 Å². The molecule has 1 fully saturated rings. The molecule has 0 amide bonds. The van der Waals surface area contributed by atoms with E-state index in [2.05, 4.69) is 14.6 Å². The maximum Gasteiger partial charge on any atom is 0.195 e. The van der Waals surface area contributed by atoms with Gasteiger partial charge in [0.25, 0.3) is 0 Å². The maximum atomic E-state index is 5.44. The lowest BCUT2D eigenvalue weighted by Crippen LogP contribution is -1.97. The van der Waals surface area contributed by atoms with Crippen LogP contribution in [0.5, 0.6) is 0 Å². The molecule has 0 radical (unpaired) electrons. The smallest absolute Gasteiger partial charge is 0.195 e. The summed E-state index contributed by atoms with van der Waals surface area (Å²) in [6.07, 6.45) is -0.283. The first-order valence-corrected chi connectivity index (χ1v) is 6.11. The second-order valence-corrected chi connectivity index (χ2v) is 4.43.